The van der Waals surface area contributed by atoms with E-state index in [0.29, 0.717) is 0 Å². The Bertz CT molecular complexity index is 325. The molecule has 0 heterocycles. The summed E-state index contributed by atoms with van der Waals surface area (Å²) in [5.74, 6) is -3.14. The van der Waals surface area contributed by atoms with Crippen molar-refractivity contribution in [1.82, 2.24) is 0 Å². The van der Waals surface area contributed by atoms with E-state index in [2.05, 4.69) is 0 Å². The average molecular weight is 268 g/mol. The first-order valence-electron chi connectivity index (χ1n) is 5.50. The number of nitrogens with two attached hydrogens (primary N) is 1. The maximum absolute atomic E-state index is 11.4. The van der Waals surface area contributed by atoms with E-state index < -0.39 is 55.2 Å². The number of hydrogen-bond donors (Lipinski definition) is 7. The van der Waals surface area contributed by atoms with Gasteiger partial charge < -0.3 is 36.4 Å². The van der Waals surface area contributed by atoms with Gasteiger partial charge in [-0.05, 0) is 0 Å². The van der Waals surface area contributed by atoms with Crippen LogP contribution in [0, 0.1) is 0 Å². The molecule has 0 aliphatic carbocycles. The van der Waals surface area contributed by atoms with Gasteiger partial charge in [-0.1, -0.05) is 0 Å². The van der Waals surface area contributed by atoms with Crippen LogP contribution in [0.15, 0.2) is 0 Å². The summed E-state index contributed by atoms with van der Waals surface area (Å²) in [6, 6.07) is -1.91. The largest absolute Gasteiger partial charge is 0.394 e. The number of Topliss-reactive ketones (excluding diaryl/α,β-unsaturated/α-hetero) is 2. The van der Waals surface area contributed by atoms with Gasteiger partial charge in [-0.15, -0.1) is 0 Å². The molecule has 0 radical (unpaired) electrons. The van der Waals surface area contributed by atoms with E-state index in [1.165, 1.54) is 0 Å². The van der Waals surface area contributed by atoms with Gasteiger partial charge in [0, 0.05) is 0 Å². The van der Waals surface area contributed by atoms with Crippen molar-refractivity contribution in [2.45, 2.75) is 30.5 Å². The zero-order chi connectivity index (χ0) is 15.3. The van der Waals surface area contributed by atoms with E-state index in [4.69, 9.17) is 22.4 Å². The molecule has 0 aliphatic rings. The Labute approximate surface area is 103 Å². The summed E-state index contributed by atoms with van der Waals surface area (Å²) in [6.07, 6.45) is -8.56. The Morgan fingerprint density at radius 3 is 1.94 bits per heavy atom. The minimum Gasteiger partial charge on any atom is -0.394 e. The molecule has 0 aliphatic heterocycles. The summed E-state index contributed by atoms with van der Waals surface area (Å²) in [5.41, 5.74) is 5.01. The van der Waals surface area contributed by atoms with Crippen LogP contribution in [0.5, 0.6) is 0 Å². The van der Waals surface area contributed by atoms with Crippen LogP contribution in [0.2, 0.25) is 0 Å². The molecule has 18 heavy (non-hydrogen) atoms. The number of rotatable bonds is 8. The second kappa shape index (κ2) is 7.48. The Morgan fingerprint density at radius 1 is 1.06 bits per heavy atom. The summed E-state index contributed by atoms with van der Waals surface area (Å²) in [6.45, 7) is -3.04. The number of aliphatic hydroxyl groups excluding tert-OH is 6. The van der Waals surface area contributed by atoms with Crippen molar-refractivity contribution in [1.29, 1.82) is 0 Å². The molecule has 9 nitrogen and oxygen atoms in total. The van der Waals surface area contributed by atoms with Crippen molar-refractivity contribution in [3.05, 3.63) is 0 Å². The van der Waals surface area contributed by atoms with Crippen molar-refractivity contribution in [2.24, 2.45) is 5.73 Å². The number of ketones is 2. The fourth-order valence-corrected chi connectivity index (χ4v) is 1.06. The van der Waals surface area contributed by atoms with E-state index in [-0.39, 0.29) is 0 Å². The maximum atomic E-state index is 11.4. The van der Waals surface area contributed by atoms with Gasteiger partial charge >= 0.3 is 0 Å². The van der Waals surface area contributed by atoms with Gasteiger partial charge in [0.25, 0.3) is 0 Å². The van der Waals surface area contributed by atoms with E-state index >= 15 is 0 Å². The van der Waals surface area contributed by atoms with E-state index in [9.17, 15) is 24.9 Å². The van der Waals surface area contributed by atoms with Gasteiger partial charge in [0.1, 0.15) is 24.4 Å². The van der Waals surface area contributed by atoms with Crippen LogP contribution < -0.4 is 5.73 Å². The zero-order valence-corrected chi connectivity index (χ0v) is 9.25. The maximum Gasteiger partial charge on any atom is 0.231 e. The predicted octanol–water partition coefficient (Wildman–Crippen LogP) is -5.12. The molecule has 0 amide bonds. The molecule has 106 valence electrons. The molecule has 6 atom stereocenters. The Hall–Kier alpha value is -0.940. The lowest BCUT2D eigenvalue weighted by molar-refractivity contribution is -0.154. The van der Waals surface area contributed by atoms with Gasteiger partial charge in [-0.3, -0.25) is 9.59 Å². The molecule has 8 N–H and O–H groups in total. The average Bonchev–Trinajstić information content (AvgIpc) is 2.40. The van der Waals surface area contributed by atoms with Crippen LogP contribution in [-0.4, -0.2) is 85.9 Å². The third-order valence-electron chi connectivity index (χ3n) is 2.23. The third kappa shape index (κ3) is 4.07. The molecule has 1 unspecified atom stereocenters. The van der Waals surface area contributed by atoms with Crippen molar-refractivity contribution in [3.63, 3.8) is 0 Å². The normalized spacial score (nSPS) is 22.3. The van der Waals surface area contributed by atoms with Gasteiger partial charge in [-0.2, -0.15) is 0 Å². The molecule has 0 aromatic carbocycles. The Balaban J connectivity index is 4.77. The molecule has 9 heteroatoms. The topological polar surface area (TPSA) is 182 Å². The Kier molecular flexibility index (Phi) is 6.29. The van der Waals surface area contributed by atoms with Gasteiger partial charge in [0.15, 0.2) is 0 Å². The van der Waals surface area contributed by atoms with E-state index in [1.54, 1.807) is 0 Å². The smallest absolute Gasteiger partial charge is 0.231 e. The van der Waals surface area contributed by atoms with Crippen LogP contribution in [0.25, 0.3) is 0 Å². The first-order chi connectivity index (χ1) is 8.64. The van der Waals surface area contributed by atoms with Crippen molar-refractivity contribution < 1.29 is 41.6 Å². The molecule has 0 fully saturated rings. The fraction of sp³-hybridized carbons (Fsp3) is 0.778. The minimum atomic E-state index is -2.41. The number of carbonyl (C=O) groups excluding carboxylic acids is 2. The Morgan fingerprint density at radius 2 is 1.56 bits per heavy atom. The second-order valence-electron chi connectivity index (χ2n) is 3.58. The minimum absolute atomic E-state index is 0.946. The van der Waals surface area contributed by atoms with Crippen molar-refractivity contribution in [2.75, 3.05) is 13.2 Å². The number of aliphatic hydroxyl groups is 6. The number of carbonyl (C=O) groups is 2. The SMILES string of the molecule is [2H]C(O)[C@H](N)C(=O)C(=O)[C@H](O)[C@@H](O)[C@H](O)[C@H](O)CO. The van der Waals surface area contributed by atoms with Crippen molar-refractivity contribution >= 4 is 11.6 Å². The molecule has 0 saturated heterocycles. The monoisotopic (exact) mass is 268 g/mol. The highest BCUT2D eigenvalue weighted by molar-refractivity contribution is 6.40. The molecule has 0 aromatic rings. The van der Waals surface area contributed by atoms with Crippen LogP contribution >= 0.6 is 0 Å². The van der Waals surface area contributed by atoms with E-state index in [1.807, 2.05) is 0 Å². The molecule has 0 saturated carbocycles. The van der Waals surface area contributed by atoms with Crippen molar-refractivity contribution in [3.8, 4) is 0 Å². The summed E-state index contributed by atoms with van der Waals surface area (Å²) in [7, 11) is 0. The highest BCUT2D eigenvalue weighted by Crippen LogP contribution is 2.07. The predicted molar refractivity (Wildman–Crippen MR) is 56.2 cm³/mol. The molecule has 0 bridgehead atoms. The zero-order valence-electron chi connectivity index (χ0n) is 10.2. The lowest BCUT2D eigenvalue weighted by atomic mass is 9.96. The van der Waals surface area contributed by atoms with Crippen LogP contribution in [0.3, 0.4) is 0 Å². The third-order valence-corrected chi connectivity index (χ3v) is 2.23. The first-order valence-corrected chi connectivity index (χ1v) is 4.92. The summed E-state index contributed by atoms with van der Waals surface area (Å²) >= 11 is 0. The fourth-order valence-electron chi connectivity index (χ4n) is 1.06. The molecular formula is C9H17NO8. The van der Waals surface area contributed by atoms with Gasteiger partial charge in [0.2, 0.25) is 11.6 Å². The second-order valence-corrected chi connectivity index (χ2v) is 3.58. The summed E-state index contributed by atoms with van der Waals surface area (Å²) in [5, 5.41) is 54.1. The molecule has 0 spiro atoms. The van der Waals surface area contributed by atoms with E-state index in [0.717, 1.165) is 0 Å². The lowest BCUT2D eigenvalue weighted by Crippen LogP contribution is -2.52. The number of hydrogen-bond acceptors (Lipinski definition) is 9. The highest BCUT2D eigenvalue weighted by atomic mass is 16.4. The molecular weight excluding hydrogens is 250 g/mol. The first kappa shape index (κ1) is 15.1. The quantitative estimate of drug-likeness (QED) is 0.212. The van der Waals surface area contributed by atoms with Gasteiger partial charge in [0.05, 0.1) is 20.6 Å². The summed E-state index contributed by atoms with van der Waals surface area (Å²) in [4.78, 5) is 22.6. The van der Waals surface area contributed by atoms with Gasteiger partial charge in [-0.25, -0.2) is 0 Å². The molecule has 0 rings (SSSR count). The highest BCUT2D eigenvalue weighted by Gasteiger charge is 2.37. The van der Waals surface area contributed by atoms with Crippen LogP contribution in [0.4, 0.5) is 0 Å². The lowest BCUT2D eigenvalue weighted by Gasteiger charge is -2.24. The standard InChI is InChI=1S/C9H17NO8/c10-3(1-11)5(14)7(16)9(18)8(17)6(15)4(13)2-12/h3-4,6,8-9,11-13,15,17-18H,1-2,10H2/t3-,4+,6+,8-,9-/m0/s1/i1D/t1?,3-,4+,6+,8-,9-. The summed E-state index contributed by atoms with van der Waals surface area (Å²) < 4.78 is 6.73. The van der Waals surface area contributed by atoms with Crippen LogP contribution in [-0.2, 0) is 9.59 Å². The molecule has 0 aromatic heterocycles. The van der Waals surface area contributed by atoms with Crippen LogP contribution in [0.1, 0.15) is 1.37 Å².